The Kier molecular flexibility index (Phi) is 6.67. The average Bonchev–Trinajstić information content (AvgIpc) is 2.49. The summed E-state index contributed by atoms with van der Waals surface area (Å²) < 4.78 is 0. The van der Waals surface area contributed by atoms with Gasteiger partial charge in [-0.25, -0.2) is 0 Å². The van der Waals surface area contributed by atoms with Crippen molar-refractivity contribution >= 4 is 6.29 Å². The smallest absolute Gasteiger partial charge is 0.142 e. The van der Waals surface area contributed by atoms with Crippen LogP contribution in [-0.4, -0.2) is 6.29 Å². The highest BCUT2D eigenvalue weighted by atomic mass is 16.1. The van der Waals surface area contributed by atoms with Crippen molar-refractivity contribution < 1.29 is 4.79 Å². The first kappa shape index (κ1) is 14.8. The van der Waals surface area contributed by atoms with Crippen LogP contribution in [0.15, 0.2) is 12.2 Å². The van der Waals surface area contributed by atoms with E-state index >= 15 is 0 Å². The van der Waals surface area contributed by atoms with Crippen molar-refractivity contribution in [3.8, 4) is 0 Å². The Morgan fingerprint density at radius 2 is 1.37 bits per heavy atom. The molecule has 0 aromatic carbocycles. The zero-order valence-corrected chi connectivity index (χ0v) is 12.4. The molecule has 2 fully saturated rings. The van der Waals surface area contributed by atoms with Gasteiger partial charge in [0.25, 0.3) is 0 Å². The molecule has 0 heterocycles. The minimum absolute atomic E-state index is 0.913. The molecule has 0 saturated heterocycles. The van der Waals surface area contributed by atoms with Crippen LogP contribution in [0.4, 0.5) is 0 Å². The first-order valence-corrected chi connectivity index (χ1v) is 8.52. The van der Waals surface area contributed by atoms with Crippen molar-refractivity contribution in [1.29, 1.82) is 0 Å². The summed E-state index contributed by atoms with van der Waals surface area (Å²) in [6.45, 7) is 0. The van der Waals surface area contributed by atoms with Crippen LogP contribution in [0.3, 0.4) is 0 Å². The molecule has 0 bridgehead atoms. The van der Waals surface area contributed by atoms with Gasteiger partial charge < -0.3 is 0 Å². The fourth-order valence-corrected chi connectivity index (χ4v) is 4.42. The lowest BCUT2D eigenvalue weighted by atomic mass is 9.68. The van der Waals surface area contributed by atoms with Crippen molar-refractivity contribution in [2.45, 2.75) is 77.0 Å². The normalized spacial score (nSPS) is 23.2. The second-order valence-electron chi connectivity index (χ2n) is 6.60. The summed E-state index contributed by atoms with van der Waals surface area (Å²) in [5.41, 5.74) is 0. The van der Waals surface area contributed by atoms with Gasteiger partial charge in [-0.3, -0.25) is 4.79 Å². The van der Waals surface area contributed by atoms with E-state index in [1.807, 2.05) is 0 Å². The van der Waals surface area contributed by atoms with Gasteiger partial charge in [0.2, 0.25) is 0 Å². The van der Waals surface area contributed by atoms with Crippen molar-refractivity contribution in [1.82, 2.24) is 0 Å². The van der Waals surface area contributed by atoms with E-state index in [1.165, 1.54) is 70.6 Å². The summed E-state index contributed by atoms with van der Waals surface area (Å²) in [5, 5.41) is 0. The monoisotopic (exact) mass is 262 g/mol. The highest BCUT2D eigenvalue weighted by Gasteiger charge is 2.30. The van der Waals surface area contributed by atoms with Crippen molar-refractivity contribution in [2.75, 3.05) is 0 Å². The Hall–Kier alpha value is -0.590. The van der Waals surface area contributed by atoms with Crippen LogP contribution in [0.5, 0.6) is 0 Å². The van der Waals surface area contributed by atoms with Gasteiger partial charge in [0.15, 0.2) is 0 Å². The summed E-state index contributed by atoms with van der Waals surface area (Å²) in [6.07, 6.45) is 21.7. The fraction of sp³-hybridized carbons (Fsp3) is 0.833. The van der Waals surface area contributed by atoms with E-state index in [2.05, 4.69) is 6.08 Å². The van der Waals surface area contributed by atoms with Gasteiger partial charge in [-0.15, -0.1) is 0 Å². The van der Waals surface area contributed by atoms with Crippen molar-refractivity contribution in [2.24, 2.45) is 17.8 Å². The highest BCUT2D eigenvalue weighted by Crippen LogP contribution is 2.42. The molecule has 0 aromatic rings. The van der Waals surface area contributed by atoms with E-state index < -0.39 is 0 Å². The summed E-state index contributed by atoms with van der Waals surface area (Å²) in [4.78, 5) is 10.4. The molecular formula is C18H30O. The molecule has 0 aliphatic heterocycles. The Bertz CT molecular complexity index is 251. The molecule has 0 spiro atoms. The number of carbonyl (C=O) groups excluding carboxylic acids is 1. The third-order valence-electron chi connectivity index (χ3n) is 5.39. The van der Waals surface area contributed by atoms with Crippen molar-refractivity contribution in [3.05, 3.63) is 12.2 Å². The Balaban J connectivity index is 1.90. The molecule has 0 N–H and O–H groups in total. The molecule has 0 radical (unpaired) electrons. The molecule has 2 aliphatic carbocycles. The topological polar surface area (TPSA) is 17.1 Å². The van der Waals surface area contributed by atoms with Crippen LogP contribution in [-0.2, 0) is 4.79 Å². The molecule has 108 valence electrons. The molecule has 2 saturated carbocycles. The van der Waals surface area contributed by atoms with Gasteiger partial charge in [0, 0.05) is 0 Å². The highest BCUT2D eigenvalue weighted by molar-refractivity contribution is 5.64. The first-order chi connectivity index (χ1) is 9.42. The average molecular weight is 262 g/mol. The van der Waals surface area contributed by atoms with E-state index in [1.54, 1.807) is 6.08 Å². The molecule has 0 amide bonds. The standard InChI is InChI=1S/C18H30O/c19-15-9-3-8-14-18(16-10-4-1-5-11-16)17-12-6-2-7-13-17/h3,9,15-18H,1-2,4-8,10-14H2. The zero-order valence-electron chi connectivity index (χ0n) is 12.4. The predicted molar refractivity (Wildman–Crippen MR) is 81.1 cm³/mol. The number of allylic oxidation sites excluding steroid dienone is 2. The maximum Gasteiger partial charge on any atom is 0.142 e. The molecule has 1 nitrogen and oxygen atoms in total. The van der Waals surface area contributed by atoms with Crippen LogP contribution in [0.2, 0.25) is 0 Å². The minimum atomic E-state index is 0.913. The van der Waals surface area contributed by atoms with Gasteiger partial charge in [-0.1, -0.05) is 70.3 Å². The lowest BCUT2D eigenvalue weighted by Crippen LogP contribution is -2.27. The fourth-order valence-electron chi connectivity index (χ4n) is 4.42. The number of carbonyl (C=O) groups is 1. The third kappa shape index (κ3) is 4.78. The maximum atomic E-state index is 10.4. The zero-order chi connectivity index (χ0) is 13.3. The van der Waals surface area contributed by atoms with Crippen molar-refractivity contribution in [3.63, 3.8) is 0 Å². The Morgan fingerprint density at radius 3 is 1.84 bits per heavy atom. The number of hydrogen-bond donors (Lipinski definition) is 0. The molecular weight excluding hydrogens is 232 g/mol. The van der Waals surface area contributed by atoms with E-state index in [-0.39, 0.29) is 0 Å². The predicted octanol–water partition coefficient (Wildman–Crippen LogP) is 5.30. The molecule has 0 unspecified atom stereocenters. The summed E-state index contributed by atoms with van der Waals surface area (Å²) in [6, 6.07) is 0. The molecule has 2 aliphatic rings. The Morgan fingerprint density at radius 1 is 0.842 bits per heavy atom. The minimum Gasteiger partial charge on any atom is -0.299 e. The summed E-state index contributed by atoms with van der Waals surface area (Å²) >= 11 is 0. The molecule has 0 atom stereocenters. The lowest BCUT2D eigenvalue weighted by Gasteiger charge is -2.38. The van der Waals surface area contributed by atoms with Crippen LogP contribution in [0, 0.1) is 17.8 Å². The SMILES string of the molecule is O=CC=CCCC(C1CCCCC1)C1CCCCC1. The molecule has 0 aromatic heterocycles. The van der Waals surface area contributed by atoms with E-state index in [0.29, 0.717) is 0 Å². The van der Waals surface area contributed by atoms with Gasteiger partial charge >= 0.3 is 0 Å². The molecule has 2 rings (SSSR count). The molecule has 1 heteroatoms. The van der Waals surface area contributed by atoms with Crippen LogP contribution in [0.25, 0.3) is 0 Å². The largest absolute Gasteiger partial charge is 0.299 e. The third-order valence-corrected chi connectivity index (χ3v) is 5.39. The quantitative estimate of drug-likeness (QED) is 0.469. The van der Waals surface area contributed by atoms with Gasteiger partial charge in [-0.2, -0.15) is 0 Å². The second kappa shape index (κ2) is 8.55. The van der Waals surface area contributed by atoms with Gasteiger partial charge in [0.1, 0.15) is 6.29 Å². The van der Waals surface area contributed by atoms with Gasteiger partial charge in [0.05, 0.1) is 0 Å². The molecule has 19 heavy (non-hydrogen) atoms. The Labute approximate surface area is 118 Å². The van der Waals surface area contributed by atoms with Crippen LogP contribution < -0.4 is 0 Å². The first-order valence-electron chi connectivity index (χ1n) is 8.52. The van der Waals surface area contributed by atoms with E-state index in [4.69, 9.17) is 0 Å². The van der Waals surface area contributed by atoms with Crippen LogP contribution in [0.1, 0.15) is 77.0 Å². The van der Waals surface area contributed by atoms with Gasteiger partial charge in [-0.05, 0) is 36.7 Å². The van der Waals surface area contributed by atoms with E-state index in [0.717, 1.165) is 30.5 Å². The van der Waals surface area contributed by atoms with Crippen LogP contribution >= 0.6 is 0 Å². The number of rotatable bonds is 6. The summed E-state index contributed by atoms with van der Waals surface area (Å²) in [5.74, 6) is 2.92. The maximum absolute atomic E-state index is 10.4. The number of hydrogen-bond acceptors (Lipinski definition) is 1. The summed E-state index contributed by atoms with van der Waals surface area (Å²) in [7, 11) is 0. The second-order valence-corrected chi connectivity index (χ2v) is 6.60. The number of aldehydes is 1. The van der Waals surface area contributed by atoms with E-state index in [9.17, 15) is 4.79 Å². The lowest BCUT2D eigenvalue weighted by molar-refractivity contribution is -0.104.